The van der Waals surface area contributed by atoms with Gasteiger partial charge < -0.3 is 14.7 Å². The van der Waals surface area contributed by atoms with Crippen molar-refractivity contribution in [3.05, 3.63) is 70.5 Å². The number of halogens is 1. The number of carbonyl (C=O) groups is 2. The average molecular weight is 343 g/mol. The van der Waals surface area contributed by atoms with E-state index in [-0.39, 0.29) is 30.7 Å². The molecule has 130 valence electrons. The summed E-state index contributed by atoms with van der Waals surface area (Å²) in [5, 5.41) is 9.54. The lowest BCUT2D eigenvalue weighted by atomic mass is 9.93. The number of carboxylic acid groups (broad SMARTS) is 1. The van der Waals surface area contributed by atoms with Gasteiger partial charge in [-0.3, -0.25) is 4.79 Å². The average Bonchev–Trinajstić information content (AvgIpc) is 2.62. The summed E-state index contributed by atoms with van der Waals surface area (Å²) in [5.41, 5.74) is 2.36. The summed E-state index contributed by atoms with van der Waals surface area (Å²) in [6, 6.07) is 10.5. The van der Waals surface area contributed by atoms with Crippen LogP contribution in [-0.4, -0.2) is 35.0 Å². The van der Waals surface area contributed by atoms with Crippen LogP contribution in [0, 0.1) is 5.82 Å². The summed E-state index contributed by atoms with van der Waals surface area (Å²) < 4.78 is 18.7. The number of nitrogens with zero attached hydrogens (tertiary/aromatic N) is 1. The van der Waals surface area contributed by atoms with Crippen LogP contribution in [0.2, 0.25) is 0 Å². The van der Waals surface area contributed by atoms with Gasteiger partial charge in [0.2, 0.25) is 0 Å². The van der Waals surface area contributed by atoms with E-state index in [4.69, 9.17) is 4.74 Å². The van der Waals surface area contributed by atoms with Crippen LogP contribution < -0.4 is 0 Å². The van der Waals surface area contributed by atoms with Gasteiger partial charge in [-0.05, 0) is 29.3 Å². The maximum atomic E-state index is 13.8. The number of rotatable bonds is 4. The first-order valence-electron chi connectivity index (χ1n) is 7.89. The van der Waals surface area contributed by atoms with Crippen molar-refractivity contribution < 1.29 is 23.8 Å². The van der Waals surface area contributed by atoms with Crippen molar-refractivity contribution in [1.82, 2.24) is 4.90 Å². The van der Waals surface area contributed by atoms with Crippen LogP contribution in [0.1, 0.15) is 27.0 Å². The van der Waals surface area contributed by atoms with E-state index in [1.165, 1.54) is 30.2 Å². The van der Waals surface area contributed by atoms with Gasteiger partial charge >= 0.3 is 5.97 Å². The van der Waals surface area contributed by atoms with Crippen molar-refractivity contribution in [3.8, 4) is 0 Å². The maximum absolute atomic E-state index is 13.8. The van der Waals surface area contributed by atoms with Crippen LogP contribution in [0.25, 0.3) is 0 Å². The smallest absolute Gasteiger partial charge is 0.326 e. The largest absolute Gasteiger partial charge is 0.480 e. The molecular formula is C19H18FNO4. The summed E-state index contributed by atoms with van der Waals surface area (Å²) in [7, 11) is 1.44. The Morgan fingerprint density at radius 2 is 1.96 bits per heavy atom. The van der Waals surface area contributed by atoms with Crippen LogP contribution >= 0.6 is 0 Å². The first-order chi connectivity index (χ1) is 12.0. The molecule has 1 heterocycles. The highest BCUT2D eigenvalue weighted by atomic mass is 19.1. The molecule has 1 aliphatic rings. The number of ether oxygens (including phenoxy) is 1. The van der Waals surface area contributed by atoms with Gasteiger partial charge in [-0.15, -0.1) is 0 Å². The van der Waals surface area contributed by atoms with Crippen molar-refractivity contribution in [2.75, 3.05) is 7.11 Å². The minimum Gasteiger partial charge on any atom is -0.480 e. The van der Waals surface area contributed by atoms with Gasteiger partial charge in [0, 0.05) is 31.2 Å². The van der Waals surface area contributed by atoms with Crippen LogP contribution in [-0.2, 0) is 29.1 Å². The molecule has 0 bridgehead atoms. The normalized spacial score (nSPS) is 16.4. The predicted molar refractivity (Wildman–Crippen MR) is 88.6 cm³/mol. The zero-order valence-corrected chi connectivity index (χ0v) is 13.7. The molecule has 2 aromatic rings. The van der Waals surface area contributed by atoms with Crippen molar-refractivity contribution in [2.45, 2.75) is 25.6 Å². The van der Waals surface area contributed by atoms with Gasteiger partial charge in [0.05, 0.1) is 6.61 Å². The number of amides is 1. The molecule has 0 aromatic heterocycles. The lowest BCUT2D eigenvalue weighted by molar-refractivity contribution is -0.142. The molecule has 0 radical (unpaired) electrons. The summed E-state index contributed by atoms with van der Waals surface area (Å²) in [4.78, 5) is 25.9. The van der Waals surface area contributed by atoms with E-state index in [1.54, 1.807) is 0 Å². The molecular weight excluding hydrogens is 325 g/mol. The van der Waals surface area contributed by atoms with E-state index in [0.29, 0.717) is 0 Å². The maximum Gasteiger partial charge on any atom is 0.326 e. The summed E-state index contributed by atoms with van der Waals surface area (Å²) in [6.07, 6.45) is 0.253. The Hall–Kier alpha value is -2.73. The van der Waals surface area contributed by atoms with Gasteiger partial charge in [0.15, 0.2) is 0 Å². The van der Waals surface area contributed by atoms with Crippen LogP contribution in [0.5, 0.6) is 0 Å². The number of benzene rings is 2. The number of aliphatic carboxylic acids is 1. The van der Waals surface area contributed by atoms with E-state index in [2.05, 4.69) is 0 Å². The Morgan fingerprint density at radius 3 is 2.64 bits per heavy atom. The van der Waals surface area contributed by atoms with Crippen LogP contribution in [0.3, 0.4) is 0 Å². The second kappa shape index (κ2) is 7.03. The molecule has 1 aliphatic heterocycles. The second-order valence-corrected chi connectivity index (χ2v) is 6.00. The molecule has 0 unspecified atom stereocenters. The molecule has 5 nitrogen and oxygen atoms in total. The third kappa shape index (κ3) is 3.39. The standard InChI is InChI=1S/C19H18FNO4/c1-25-11-15-8-13(6-7-16(15)20)18(22)21-10-14-5-3-2-4-12(14)9-17(21)19(23)24/h2-8,17H,9-11H2,1H3,(H,23,24)/t17-/m1/s1. The summed E-state index contributed by atoms with van der Waals surface area (Å²) in [6.45, 7) is 0.251. The lowest BCUT2D eigenvalue weighted by Gasteiger charge is -2.34. The summed E-state index contributed by atoms with van der Waals surface area (Å²) in [5.74, 6) is -1.95. The van der Waals surface area contributed by atoms with E-state index in [1.807, 2.05) is 24.3 Å². The third-order valence-electron chi connectivity index (χ3n) is 4.39. The molecule has 6 heteroatoms. The molecule has 0 saturated heterocycles. The Morgan fingerprint density at radius 1 is 1.24 bits per heavy atom. The Labute approximate surface area is 144 Å². The van der Waals surface area contributed by atoms with Crippen LogP contribution in [0.4, 0.5) is 4.39 Å². The number of methoxy groups -OCH3 is 1. The van der Waals surface area contributed by atoms with Gasteiger partial charge in [-0.25, -0.2) is 9.18 Å². The zero-order chi connectivity index (χ0) is 18.0. The molecule has 0 aliphatic carbocycles. The van der Waals surface area contributed by atoms with Crippen molar-refractivity contribution in [1.29, 1.82) is 0 Å². The number of hydrogen-bond donors (Lipinski definition) is 1. The highest BCUT2D eigenvalue weighted by Crippen LogP contribution is 2.25. The highest BCUT2D eigenvalue weighted by Gasteiger charge is 2.35. The fourth-order valence-electron chi connectivity index (χ4n) is 3.10. The fraction of sp³-hybridized carbons (Fsp3) is 0.263. The molecule has 0 saturated carbocycles. The SMILES string of the molecule is COCc1cc(C(=O)N2Cc3ccccc3C[C@@H]2C(=O)O)ccc1F. The van der Waals surface area contributed by atoms with Crippen molar-refractivity contribution >= 4 is 11.9 Å². The van der Waals surface area contributed by atoms with Gasteiger partial charge in [0.25, 0.3) is 5.91 Å². The van der Waals surface area contributed by atoms with E-state index in [9.17, 15) is 19.1 Å². The van der Waals surface area contributed by atoms with Crippen molar-refractivity contribution in [2.24, 2.45) is 0 Å². The molecule has 0 fully saturated rings. The minimum absolute atomic E-state index is 0.0398. The Bertz CT molecular complexity index is 821. The molecule has 1 atom stereocenters. The van der Waals surface area contributed by atoms with E-state index < -0.39 is 23.7 Å². The van der Waals surface area contributed by atoms with Crippen molar-refractivity contribution in [3.63, 3.8) is 0 Å². The minimum atomic E-state index is -1.05. The number of carboxylic acids is 1. The third-order valence-corrected chi connectivity index (χ3v) is 4.39. The highest BCUT2D eigenvalue weighted by molar-refractivity contribution is 5.97. The number of fused-ring (bicyclic) bond motifs is 1. The van der Waals surface area contributed by atoms with E-state index in [0.717, 1.165) is 11.1 Å². The number of hydrogen-bond acceptors (Lipinski definition) is 3. The zero-order valence-electron chi connectivity index (χ0n) is 13.7. The van der Waals surface area contributed by atoms with Gasteiger partial charge in [-0.1, -0.05) is 24.3 Å². The first-order valence-corrected chi connectivity index (χ1v) is 7.89. The van der Waals surface area contributed by atoms with Gasteiger partial charge in [0.1, 0.15) is 11.9 Å². The van der Waals surface area contributed by atoms with Crippen LogP contribution in [0.15, 0.2) is 42.5 Å². The fourth-order valence-corrected chi connectivity index (χ4v) is 3.10. The second-order valence-electron chi connectivity index (χ2n) is 6.00. The molecule has 2 aromatic carbocycles. The predicted octanol–water partition coefficient (Wildman–Crippen LogP) is 2.62. The van der Waals surface area contributed by atoms with E-state index >= 15 is 0 Å². The van der Waals surface area contributed by atoms with Gasteiger partial charge in [-0.2, -0.15) is 0 Å². The Balaban J connectivity index is 1.95. The monoisotopic (exact) mass is 343 g/mol. The molecule has 25 heavy (non-hydrogen) atoms. The first kappa shape index (κ1) is 17.1. The summed E-state index contributed by atoms with van der Waals surface area (Å²) >= 11 is 0. The quantitative estimate of drug-likeness (QED) is 0.927. The molecule has 3 rings (SSSR count). The lowest BCUT2D eigenvalue weighted by Crippen LogP contribution is -2.48. The molecule has 1 amide bonds. The Kier molecular flexibility index (Phi) is 4.81. The molecule has 0 spiro atoms. The number of carbonyl (C=O) groups excluding carboxylic acids is 1. The topological polar surface area (TPSA) is 66.8 Å². The molecule has 1 N–H and O–H groups in total.